The van der Waals surface area contributed by atoms with Gasteiger partial charge in [-0.1, -0.05) is 50.5 Å². The summed E-state index contributed by atoms with van der Waals surface area (Å²) in [5.74, 6) is 0.00468. The van der Waals surface area contributed by atoms with Crippen LogP contribution in [0.25, 0.3) is 0 Å². The molecule has 0 aliphatic heterocycles. The Morgan fingerprint density at radius 2 is 1.87 bits per heavy atom. The lowest BCUT2D eigenvalue weighted by molar-refractivity contribution is -0.138. The summed E-state index contributed by atoms with van der Waals surface area (Å²) in [7, 11) is 0. The first-order chi connectivity index (χ1) is 11.2. The molecule has 4 heteroatoms. The first-order valence-corrected chi connectivity index (χ1v) is 8.84. The highest BCUT2D eigenvalue weighted by molar-refractivity contribution is 5.80. The highest BCUT2D eigenvalue weighted by Gasteiger charge is 2.23. The predicted octanol–water partition coefficient (Wildman–Crippen LogP) is 2.97. The molecule has 1 unspecified atom stereocenters. The molecule has 1 aromatic carbocycles. The number of rotatable bonds is 8. The molecule has 0 aromatic heterocycles. The molecule has 128 valence electrons. The molecule has 1 aliphatic rings. The summed E-state index contributed by atoms with van der Waals surface area (Å²) in [6, 6.07) is 7.82. The van der Waals surface area contributed by atoms with Crippen molar-refractivity contribution in [2.45, 2.75) is 70.7 Å². The summed E-state index contributed by atoms with van der Waals surface area (Å²) >= 11 is 0. The van der Waals surface area contributed by atoms with Gasteiger partial charge in [0.2, 0.25) is 5.91 Å². The molecule has 4 nitrogen and oxygen atoms in total. The number of benzene rings is 1. The van der Waals surface area contributed by atoms with Gasteiger partial charge in [-0.25, -0.2) is 0 Å². The summed E-state index contributed by atoms with van der Waals surface area (Å²) in [6.07, 6.45) is 7.32. The zero-order valence-corrected chi connectivity index (χ0v) is 14.1. The van der Waals surface area contributed by atoms with Crippen molar-refractivity contribution in [1.82, 2.24) is 5.32 Å². The lowest BCUT2D eigenvalue weighted by Crippen LogP contribution is -2.39. The summed E-state index contributed by atoms with van der Waals surface area (Å²) in [4.78, 5) is 12.3. The Morgan fingerprint density at radius 1 is 1.22 bits per heavy atom. The van der Waals surface area contributed by atoms with Gasteiger partial charge >= 0.3 is 0 Å². The predicted molar refractivity (Wildman–Crippen MR) is 91.1 cm³/mol. The molecule has 1 saturated carbocycles. The summed E-state index contributed by atoms with van der Waals surface area (Å²) < 4.78 is 6.00. The fraction of sp³-hybridized carbons (Fsp3) is 0.632. The van der Waals surface area contributed by atoms with E-state index in [4.69, 9.17) is 9.84 Å². The average Bonchev–Trinajstić information content (AvgIpc) is 2.61. The van der Waals surface area contributed by atoms with Crippen LogP contribution in [0, 0.1) is 0 Å². The van der Waals surface area contributed by atoms with E-state index in [-0.39, 0.29) is 24.7 Å². The van der Waals surface area contributed by atoms with Gasteiger partial charge in [0.1, 0.15) is 6.10 Å². The van der Waals surface area contributed by atoms with E-state index in [9.17, 15) is 4.79 Å². The molecule has 0 spiro atoms. The molecule has 0 radical (unpaired) electrons. The second kappa shape index (κ2) is 9.68. The van der Waals surface area contributed by atoms with E-state index in [1.807, 2.05) is 31.2 Å². The van der Waals surface area contributed by atoms with Gasteiger partial charge in [-0.05, 0) is 36.8 Å². The van der Waals surface area contributed by atoms with Gasteiger partial charge in [-0.2, -0.15) is 0 Å². The van der Waals surface area contributed by atoms with E-state index < -0.39 is 0 Å². The first-order valence-electron chi connectivity index (χ1n) is 8.84. The van der Waals surface area contributed by atoms with Crippen molar-refractivity contribution >= 4 is 5.91 Å². The van der Waals surface area contributed by atoms with Crippen molar-refractivity contribution in [3.63, 3.8) is 0 Å². The van der Waals surface area contributed by atoms with Crippen molar-refractivity contribution in [3.8, 4) is 0 Å². The number of ether oxygens (including phenoxy) is 1. The Labute approximate surface area is 139 Å². The van der Waals surface area contributed by atoms with Crippen LogP contribution in [-0.4, -0.2) is 29.8 Å². The molecule has 2 rings (SSSR count). The number of amides is 1. The van der Waals surface area contributed by atoms with Crippen molar-refractivity contribution < 1.29 is 14.6 Å². The average molecular weight is 319 g/mol. The largest absolute Gasteiger partial charge is 0.392 e. The Hall–Kier alpha value is -1.39. The van der Waals surface area contributed by atoms with Crippen molar-refractivity contribution in [2.24, 2.45) is 0 Å². The third kappa shape index (κ3) is 5.96. The van der Waals surface area contributed by atoms with E-state index in [0.717, 1.165) is 30.4 Å². The Morgan fingerprint density at radius 3 is 2.48 bits per heavy atom. The molecule has 2 N–H and O–H groups in total. The zero-order chi connectivity index (χ0) is 16.5. The Kier molecular flexibility index (Phi) is 7.56. The van der Waals surface area contributed by atoms with E-state index in [0.29, 0.717) is 13.0 Å². The van der Waals surface area contributed by atoms with E-state index in [1.165, 1.54) is 19.3 Å². The van der Waals surface area contributed by atoms with Gasteiger partial charge in [-0.3, -0.25) is 4.79 Å². The SMILES string of the molecule is CCC(OC1CCCCC1)C(=O)NCCc1ccc(CO)cc1. The number of aliphatic hydroxyl groups is 1. The normalized spacial score (nSPS) is 17.0. The molecule has 23 heavy (non-hydrogen) atoms. The van der Waals surface area contributed by atoms with Crippen LogP contribution in [-0.2, 0) is 22.6 Å². The van der Waals surface area contributed by atoms with Crippen LogP contribution in [0.1, 0.15) is 56.6 Å². The van der Waals surface area contributed by atoms with Crippen LogP contribution in [0.3, 0.4) is 0 Å². The number of nitrogens with one attached hydrogen (secondary N) is 1. The van der Waals surface area contributed by atoms with E-state index in [2.05, 4.69) is 5.32 Å². The third-order valence-electron chi connectivity index (χ3n) is 4.49. The second-order valence-corrected chi connectivity index (χ2v) is 6.31. The number of aliphatic hydroxyl groups excluding tert-OH is 1. The minimum absolute atomic E-state index is 0.00468. The number of carbonyl (C=O) groups excluding carboxylic acids is 1. The summed E-state index contributed by atoms with van der Waals surface area (Å²) in [5.41, 5.74) is 2.06. The fourth-order valence-corrected chi connectivity index (χ4v) is 3.03. The van der Waals surface area contributed by atoms with Gasteiger partial charge in [0.15, 0.2) is 0 Å². The molecular weight excluding hydrogens is 290 g/mol. The van der Waals surface area contributed by atoms with Crippen LogP contribution in [0.4, 0.5) is 0 Å². The maximum atomic E-state index is 12.3. The highest BCUT2D eigenvalue weighted by atomic mass is 16.5. The lowest BCUT2D eigenvalue weighted by Gasteiger charge is -2.26. The van der Waals surface area contributed by atoms with Crippen LogP contribution in [0.5, 0.6) is 0 Å². The van der Waals surface area contributed by atoms with Crippen LogP contribution in [0.15, 0.2) is 24.3 Å². The number of carbonyl (C=O) groups is 1. The van der Waals surface area contributed by atoms with Crippen LogP contribution >= 0.6 is 0 Å². The molecule has 1 atom stereocenters. The Bertz CT molecular complexity index is 466. The van der Waals surface area contributed by atoms with E-state index >= 15 is 0 Å². The summed E-state index contributed by atoms with van der Waals surface area (Å²) in [5, 5.41) is 12.0. The van der Waals surface area contributed by atoms with Crippen LogP contribution in [0.2, 0.25) is 0 Å². The van der Waals surface area contributed by atoms with Gasteiger partial charge in [0.25, 0.3) is 0 Å². The quantitative estimate of drug-likeness (QED) is 0.774. The van der Waals surface area contributed by atoms with E-state index in [1.54, 1.807) is 0 Å². The molecule has 1 amide bonds. The van der Waals surface area contributed by atoms with Crippen molar-refractivity contribution in [3.05, 3.63) is 35.4 Å². The standard InChI is InChI=1S/C19H29NO3/c1-2-18(23-17-6-4-3-5-7-17)19(22)20-13-12-15-8-10-16(14-21)11-9-15/h8-11,17-18,21H,2-7,12-14H2,1H3,(H,20,22). The minimum atomic E-state index is -0.324. The molecular formula is C19H29NO3. The smallest absolute Gasteiger partial charge is 0.249 e. The number of hydrogen-bond acceptors (Lipinski definition) is 3. The molecule has 1 aromatic rings. The number of hydrogen-bond donors (Lipinski definition) is 2. The fourth-order valence-electron chi connectivity index (χ4n) is 3.03. The highest BCUT2D eigenvalue weighted by Crippen LogP contribution is 2.22. The maximum absolute atomic E-state index is 12.3. The second-order valence-electron chi connectivity index (χ2n) is 6.31. The topological polar surface area (TPSA) is 58.6 Å². The lowest BCUT2D eigenvalue weighted by atomic mass is 9.97. The molecule has 0 saturated heterocycles. The van der Waals surface area contributed by atoms with Crippen molar-refractivity contribution in [1.29, 1.82) is 0 Å². The van der Waals surface area contributed by atoms with Gasteiger partial charge in [0.05, 0.1) is 12.7 Å². The minimum Gasteiger partial charge on any atom is -0.392 e. The van der Waals surface area contributed by atoms with Crippen molar-refractivity contribution in [2.75, 3.05) is 6.54 Å². The van der Waals surface area contributed by atoms with Gasteiger partial charge in [0, 0.05) is 6.54 Å². The summed E-state index contributed by atoms with van der Waals surface area (Å²) in [6.45, 7) is 2.68. The molecule has 0 heterocycles. The zero-order valence-electron chi connectivity index (χ0n) is 14.1. The molecule has 1 fully saturated rings. The van der Waals surface area contributed by atoms with Gasteiger partial charge < -0.3 is 15.2 Å². The maximum Gasteiger partial charge on any atom is 0.249 e. The third-order valence-corrected chi connectivity index (χ3v) is 4.49. The molecule has 1 aliphatic carbocycles. The molecule has 0 bridgehead atoms. The Balaban J connectivity index is 1.72. The monoisotopic (exact) mass is 319 g/mol. The first kappa shape index (κ1) is 18.0. The van der Waals surface area contributed by atoms with Crippen LogP contribution < -0.4 is 5.32 Å². The van der Waals surface area contributed by atoms with Gasteiger partial charge in [-0.15, -0.1) is 0 Å².